The lowest BCUT2D eigenvalue weighted by Crippen LogP contribution is -2.52. The maximum absolute atomic E-state index is 11.6. The van der Waals surface area contributed by atoms with E-state index in [-0.39, 0.29) is 18.6 Å². The summed E-state index contributed by atoms with van der Waals surface area (Å²) in [5, 5.41) is 17.2. The average Bonchev–Trinajstić information content (AvgIpc) is 2.64. The lowest BCUT2D eigenvalue weighted by atomic mass is 9.86. The van der Waals surface area contributed by atoms with Crippen molar-refractivity contribution < 1.29 is 19.4 Å². The van der Waals surface area contributed by atoms with Crippen LogP contribution in [0.2, 0.25) is 0 Å². The Morgan fingerprint density at radius 3 is 2.78 bits per heavy atom. The van der Waals surface area contributed by atoms with Gasteiger partial charge in [0.2, 0.25) is 0 Å². The molecule has 0 aromatic heterocycles. The van der Waals surface area contributed by atoms with Crippen molar-refractivity contribution in [3.8, 4) is 11.5 Å². The predicted octanol–water partition coefficient (Wildman–Crippen LogP) is 2.42. The van der Waals surface area contributed by atoms with E-state index in [4.69, 9.17) is 9.47 Å². The van der Waals surface area contributed by atoms with Gasteiger partial charge in [0.1, 0.15) is 23.2 Å². The number of nitrogens with one attached hydrogen (secondary N) is 2. The number of hydrogen-bond donors (Lipinski definition) is 3. The molecular weight excluding hydrogens is 344 g/mol. The van der Waals surface area contributed by atoms with Crippen molar-refractivity contribution in [1.29, 1.82) is 0 Å². The summed E-state index contributed by atoms with van der Waals surface area (Å²) in [4.78, 5) is 11.6. The minimum atomic E-state index is -0.759. The SMILES string of the molecule is CC1(C)Oc2cc3c(cc2C(NCCc2ccccc2)[C@H]1O)OCC(=O)N3. The van der Waals surface area contributed by atoms with E-state index in [1.807, 2.05) is 38.1 Å². The number of anilines is 1. The van der Waals surface area contributed by atoms with Crippen LogP contribution in [-0.2, 0) is 11.2 Å². The van der Waals surface area contributed by atoms with E-state index in [1.54, 1.807) is 6.07 Å². The molecule has 0 saturated heterocycles. The zero-order valence-electron chi connectivity index (χ0n) is 15.5. The molecule has 0 aliphatic carbocycles. The van der Waals surface area contributed by atoms with Gasteiger partial charge in [-0.05, 0) is 38.4 Å². The van der Waals surface area contributed by atoms with Gasteiger partial charge in [-0.25, -0.2) is 0 Å². The minimum absolute atomic E-state index is 0.00715. The highest BCUT2D eigenvalue weighted by Crippen LogP contribution is 2.45. The van der Waals surface area contributed by atoms with Crippen LogP contribution in [0.4, 0.5) is 5.69 Å². The predicted molar refractivity (Wildman–Crippen MR) is 102 cm³/mol. The molecule has 2 aliphatic heterocycles. The molecule has 0 fully saturated rings. The Balaban J connectivity index is 1.60. The summed E-state index contributed by atoms with van der Waals surface area (Å²) in [7, 11) is 0. The lowest BCUT2D eigenvalue weighted by Gasteiger charge is -2.43. The van der Waals surface area contributed by atoms with Gasteiger partial charge in [0.25, 0.3) is 5.91 Å². The number of benzene rings is 2. The van der Waals surface area contributed by atoms with Crippen molar-refractivity contribution in [3.05, 3.63) is 53.6 Å². The van der Waals surface area contributed by atoms with E-state index in [2.05, 4.69) is 22.8 Å². The fourth-order valence-corrected chi connectivity index (χ4v) is 3.61. The molecule has 2 atom stereocenters. The van der Waals surface area contributed by atoms with E-state index >= 15 is 0 Å². The summed E-state index contributed by atoms with van der Waals surface area (Å²) < 4.78 is 11.6. The van der Waals surface area contributed by atoms with Gasteiger partial charge in [-0.1, -0.05) is 30.3 Å². The Labute approximate surface area is 158 Å². The standard InChI is InChI=1S/C21H24N2O4/c1-21(2)20(25)19(22-9-8-13-6-4-3-5-7-13)14-10-17-15(11-16(14)27-21)23-18(24)12-26-17/h3-7,10-11,19-20,22,25H,8-9,12H2,1-2H3,(H,23,24)/t19?,20-/m1/s1. The molecule has 6 nitrogen and oxygen atoms in total. The fraction of sp³-hybridized carbons (Fsp3) is 0.381. The molecule has 2 heterocycles. The second-order valence-corrected chi connectivity index (χ2v) is 7.54. The molecule has 4 rings (SSSR count). The van der Waals surface area contributed by atoms with Gasteiger partial charge < -0.3 is 25.2 Å². The van der Waals surface area contributed by atoms with Crippen molar-refractivity contribution in [2.24, 2.45) is 0 Å². The van der Waals surface area contributed by atoms with Crippen molar-refractivity contribution in [1.82, 2.24) is 5.32 Å². The molecule has 0 bridgehead atoms. The topological polar surface area (TPSA) is 79.8 Å². The van der Waals surface area contributed by atoms with E-state index in [1.165, 1.54) is 5.56 Å². The highest BCUT2D eigenvalue weighted by atomic mass is 16.5. The summed E-state index contributed by atoms with van der Waals surface area (Å²) in [6.07, 6.45) is 0.134. The number of ether oxygens (including phenoxy) is 2. The van der Waals surface area contributed by atoms with Crippen LogP contribution in [0.15, 0.2) is 42.5 Å². The van der Waals surface area contributed by atoms with E-state index in [0.29, 0.717) is 17.2 Å². The minimum Gasteiger partial charge on any atom is -0.485 e. The third-order valence-electron chi connectivity index (χ3n) is 5.10. The highest BCUT2D eigenvalue weighted by Gasteiger charge is 2.43. The summed E-state index contributed by atoms with van der Waals surface area (Å²) in [6.45, 7) is 4.44. The van der Waals surface area contributed by atoms with Gasteiger partial charge >= 0.3 is 0 Å². The highest BCUT2D eigenvalue weighted by molar-refractivity contribution is 5.95. The molecular formula is C21H24N2O4. The van der Waals surface area contributed by atoms with Crippen LogP contribution in [0.5, 0.6) is 11.5 Å². The smallest absolute Gasteiger partial charge is 0.262 e. The maximum Gasteiger partial charge on any atom is 0.262 e. The molecule has 3 N–H and O–H groups in total. The first-order valence-corrected chi connectivity index (χ1v) is 9.19. The largest absolute Gasteiger partial charge is 0.485 e. The molecule has 0 saturated carbocycles. The first-order valence-electron chi connectivity index (χ1n) is 9.19. The van der Waals surface area contributed by atoms with Crippen molar-refractivity contribution in [2.45, 2.75) is 38.0 Å². The zero-order valence-corrected chi connectivity index (χ0v) is 15.5. The summed E-state index contributed by atoms with van der Waals surface area (Å²) in [5.41, 5.74) is 1.91. The Hall–Kier alpha value is -2.57. The molecule has 2 aromatic carbocycles. The van der Waals surface area contributed by atoms with Gasteiger partial charge in [0.05, 0.1) is 11.7 Å². The number of hydrogen-bond acceptors (Lipinski definition) is 5. The molecule has 142 valence electrons. The Bertz CT molecular complexity index is 851. The van der Waals surface area contributed by atoms with Crippen molar-refractivity contribution in [3.63, 3.8) is 0 Å². The van der Waals surface area contributed by atoms with E-state index < -0.39 is 11.7 Å². The molecule has 6 heteroatoms. The normalized spacial score (nSPS) is 22.7. The Kier molecular flexibility index (Phi) is 4.53. The van der Waals surface area contributed by atoms with Crippen LogP contribution in [-0.4, -0.2) is 35.9 Å². The van der Waals surface area contributed by atoms with Crippen molar-refractivity contribution >= 4 is 11.6 Å². The molecule has 0 radical (unpaired) electrons. The van der Waals surface area contributed by atoms with E-state index in [9.17, 15) is 9.90 Å². The fourth-order valence-electron chi connectivity index (χ4n) is 3.61. The molecule has 0 spiro atoms. The van der Waals surface area contributed by atoms with Crippen LogP contribution in [0, 0.1) is 0 Å². The van der Waals surface area contributed by atoms with Gasteiger partial charge in [-0.15, -0.1) is 0 Å². The zero-order chi connectivity index (χ0) is 19.0. The molecule has 1 amide bonds. The van der Waals surface area contributed by atoms with Crippen LogP contribution >= 0.6 is 0 Å². The quantitative estimate of drug-likeness (QED) is 0.772. The van der Waals surface area contributed by atoms with Gasteiger partial charge in [-0.2, -0.15) is 0 Å². The first kappa shape index (κ1) is 17.8. The third kappa shape index (κ3) is 3.50. The number of aliphatic hydroxyl groups excluding tert-OH is 1. The monoisotopic (exact) mass is 368 g/mol. The van der Waals surface area contributed by atoms with Crippen LogP contribution in [0.3, 0.4) is 0 Å². The van der Waals surface area contributed by atoms with Crippen LogP contribution in [0.1, 0.15) is 31.0 Å². The van der Waals surface area contributed by atoms with Crippen LogP contribution < -0.4 is 20.1 Å². The van der Waals surface area contributed by atoms with Crippen LogP contribution in [0.25, 0.3) is 0 Å². The average molecular weight is 368 g/mol. The molecule has 1 unspecified atom stereocenters. The lowest BCUT2D eigenvalue weighted by molar-refractivity contribution is -0.118. The summed E-state index contributed by atoms with van der Waals surface area (Å²) in [6, 6.07) is 13.6. The Morgan fingerprint density at radius 2 is 2.00 bits per heavy atom. The molecule has 2 aromatic rings. The second-order valence-electron chi connectivity index (χ2n) is 7.54. The maximum atomic E-state index is 11.6. The summed E-state index contributed by atoms with van der Waals surface area (Å²) >= 11 is 0. The third-order valence-corrected chi connectivity index (χ3v) is 5.10. The first-order chi connectivity index (χ1) is 12.9. The molecule has 2 aliphatic rings. The number of rotatable bonds is 4. The molecule has 27 heavy (non-hydrogen) atoms. The number of amides is 1. The van der Waals surface area contributed by atoms with Crippen molar-refractivity contribution in [2.75, 3.05) is 18.5 Å². The Morgan fingerprint density at radius 1 is 1.22 bits per heavy atom. The van der Waals surface area contributed by atoms with Gasteiger partial charge in [-0.3, -0.25) is 4.79 Å². The number of aliphatic hydroxyl groups is 1. The van der Waals surface area contributed by atoms with E-state index in [0.717, 1.165) is 18.5 Å². The van der Waals surface area contributed by atoms with Gasteiger partial charge in [0, 0.05) is 11.6 Å². The van der Waals surface area contributed by atoms with Gasteiger partial charge in [0.15, 0.2) is 6.61 Å². The summed E-state index contributed by atoms with van der Waals surface area (Å²) in [5.74, 6) is 1.06. The number of carbonyl (C=O) groups excluding carboxylic acids is 1. The number of carbonyl (C=O) groups is 1. The number of fused-ring (bicyclic) bond motifs is 2. The second kappa shape index (κ2) is 6.87.